The van der Waals surface area contributed by atoms with Crippen molar-refractivity contribution in [3.63, 3.8) is 0 Å². The predicted molar refractivity (Wildman–Crippen MR) is 65.3 cm³/mol. The van der Waals surface area contributed by atoms with Crippen LogP contribution in [0.5, 0.6) is 0 Å². The Balaban J connectivity index is 2.18. The molecular formula is C11H18N6. The normalized spacial score (nSPS) is 13.2. The zero-order valence-corrected chi connectivity index (χ0v) is 10.4. The second-order valence-electron chi connectivity index (χ2n) is 4.61. The van der Waals surface area contributed by atoms with Crippen LogP contribution in [0.15, 0.2) is 18.6 Å². The Morgan fingerprint density at radius 2 is 2.06 bits per heavy atom. The van der Waals surface area contributed by atoms with Crippen molar-refractivity contribution < 1.29 is 0 Å². The van der Waals surface area contributed by atoms with Crippen LogP contribution in [-0.4, -0.2) is 30.8 Å². The first-order chi connectivity index (χ1) is 8.06. The Labute approximate surface area is 100 Å². The lowest BCUT2D eigenvalue weighted by molar-refractivity contribution is 0.523. The average Bonchev–Trinajstić information content (AvgIpc) is 2.83. The topological polar surface area (TPSA) is 74.5 Å². The molecule has 0 aliphatic heterocycles. The molecule has 0 unspecified atom stereocenters. The van der Waals surface area contributed by atoms with E-state index >= 15 is 0 Å². The predicted octanol–water partition coefficient (Wildman–Crippen LogP) is 1.07. The zero-order valence-electron chi connectivity index (χ0n) is 10.4. The lowest BCUT2D eigenvalue weighted by Gasteiger charge is -2.02. The molecule has 0 spiro atoms. The van der Waals surface area contributed by atoms with Crippen LogP contribution in [0.3, 0.4) is 0 Å². The summed E-state index contributed by atoms with van der Waals surface area (Å²) in [6.07, 6.45) is 5.68. The summed E-state index contributed by atoms with van der Waals surface area (Å²) in [5, 5.41) is 12.4. The van der Waals surface area contributed by atoms with Crippen LogP contribution < -0.4 is 5.73 Å². The number of nitrogens with two attached hydrogens (primary N) is 1. The van der Waals surface area contributed by atoms with E-state index in [1.165, 1.54) is 0 Å². The van der Waals surface area contributed by atoms with Crippen LogP contribution in [0, 0.1) is 0 Å². The minimum absolute atomic E-state index is 0.0722. The molecule has 2 aromatic heterocycles. The lowest BCUT2D eigenvalue weighted by atomic mass is 10.3. The van der Waals surface area contributed by atoms with E-state index < -0.39 is 0 Å². The van der Waals surface area contributed by atoms with E-state index in [1.54, 1.807) is 10.9 Å². The molecule has 17 heavy (non-hydrogen) atoms. The van der Waals surface area contributed by atoms with Crippen LogP contribution in [0.4, 0.5) is 0 Å². The monoisotopic (exact) mass is 234 g/mol. The van der Waals surface area contributed by atoms with Crippen LogP contribution in [0.2, 0.25) is 0 Å². The third-order valence-corrected chi connectivity index (χ3v) is 2.44. The van der Waals surface area contributed by atoms with Crippen LogP contribution >= 0.6 is 0 Å². The van der Waals surface area contributed by atoms with E-state index in [1.807, 2.05) is 24.0 Å². The molecule has 0 aromatic carbocycles. The Morgan fingerprint density at radius 3 is 2.65 bits per heavy atom. The van der Waals surface area contributed by atoms with Crippen molar-refractivity contribution in [1.29, 1.82) is 0 Å². The average molecular weight is 234 g/mol. The lowest BCUT2D eigenvalue weighted by Crippen LogP contribution is -2.22. The SMILES string of the molecule is CC(C)n1cc(-c2cn(C[C@H](C)N)nn2)cn1. The molecule has 6 heteroatoms. The molecule has 0 saturated carbocycles. The van der Waals surface area contributed by atoms with E-state index in [9.17, 15) is 0 Å². The number of hydrogen-bond donors (Lipinski definition) is 1. The highest BCUT2D eigenvalue weighted by Crippen LogP contribution is 2.16. The molecule has 2 aromatic rings. The van der Waals surface area contributed by atoms with Gasteiger partial charge in [0.2, 0.25) is 0 Å². The van der Waals surface area contributed by atoms with Crippen LogP contribution in [-0.2, 0) is 6.54 Å². The van der Waals surface area contributed by atoms with Gasteiger partial charge in [-0.1, -0.05) is 5.21 Å². The van der Waals surface area contributed by atoms with Gasteiger partial charge >= 0.3 is 0 Å². The maximum absolute atomic E-state index is 5.71. The Morgan fingerprint density at radius 1 is 1.29 bits per heavy atom. The second-order valence-corrected chi connectivity index (χ2v) is 4.61. The Bertz CT molecular complexity index is 482. The van der Waals surface area contributed by atoms with Gasteiger partial charge in [-0.15, -0.1) is 5.10 Å². The fraction of sp³-hybridized carbons (Fsp3) is 0.545. The number of hydrogen-bond acceptors (Lipinski definition) is 4. The summed E-state index contributed by atoms with van der Waals surface area (Å²) in [7, 11) is 0. The molecule has 2 heterocycles. The summed E-state index contributed by atoms with van der Waals surface area (Å²) in [6.45, 7) is 6.79. The molecule has 0 amide bonds. The first-order valence-electron chi connectivity index (χ1n) is 5.76. The molecule has 2 rings (SSSR count). The third-order valence-electron chi connectivity index (χ3n) is 2.44. The highest BCUT2D eigenvalue weighted by Gasteiger charge is 2.08. The Hall–Kier alpha value is -1.69. The maximum Gasteiger partial charge on any atom is 0.116 e. The van der Waals surface area contributed by atoms with Gasteiger partial charge < -0.3 is 5.73 Å². The summed E-state index contributed by atoms with van der Waals surface area (Å²) in [6, 6.07) is 0.422. The third kappa shape index (κ3) is 2.71. The number of rotatable bonds is 4. The zero-order chi connectivity index (χ0) is 12.4. The van der Waals surface area contributed by atoms with Crippen molar-refractivity contribution in [2.24, 2.45) is 5.73 Å². The molecular weight excluding hydrogens is 216 g/mol. The molecule has 6 nitrogen and oxygen atoms in total. The Kier molecular flexibility index (Phi) is 3.23. The first kappa shape index (κ1) is 11.8. The van der Waals surface area contributed by atoms with Gasteiger partial charge in [0, 0.05) is 23.8 Å². The standard InChI is InChI=1S/C11H18N6/c1-8(2)17-6-10(4-13-17)11-7-16(15-14-11)5-9(3)12/h4,6-9H,5,12H2,1-3H3/t9-/m0/s1. The van der Waals surface area contributed by atoms with Gasteiger partial charge in [0.15, 0.2) is 0 Å². The highest BCUT2D eigenvalue weighted by atomic mass is 15.4. The molecule has 0 radical (unpaired) electrons. The van der Waals surface area contributed by atoms with Gasteiger partial charge in [-0.3, -0.25) is 9.36 Å². The highest BCUT2D eigenvalue weighted by molar-refractivity contribution is 5.55. The first-order valence-corrected chi connectivity index (χ1v) is 5.76. The molecule has 0 bridgehead atoms. The van der Waals surface area contributed by atoms with Crippen molar-refractivity contribution in [1.82, 2.24) is 24.8 Å². The molecule has 0 fully saturated rings. The van der Waals surface area contributed by atoms with Gasteiger partial charge in [-0.2, -0.15) is 5.10 Å². The van der Waals surface area contributed by atoms with Crippen molar-refractivity contribution in [2.45, 2.75) is 39.4 Å². The molecule has 0 aliphatic rings. The fourth-order valence-electron chi connectivity index (χ4n) is 1.57. The second kappa shape index (κ2) is 4.67. The maximum atomic E-state index is 5.71. The minimum atomic E-state index is 0.0722. The summed E-state index contributed by atoms with van der Waals surface area (Å²) in [4.78, 5) is 0. The largest absolute Gasteiger partial charge is 0.326 e. The summed E-state index contributed by atoms with van der Waals surface area (Å²) in [5.74, 6) is 0. The minimum Gasteiger partial charge on any atom is -0.326 e. The van der Waals surface area contributed by atoms with Crippen molar-refractivity contribution in [2.75, 3.05) is 0 Å². The van der Waals surface area contributed by atoms with Crippen LogP contribution in [0.1, 0.15) is 26.8 Å². The van der Waals surface area contributed by atoms with E-state index in [4.69, 9.17) is 5.73 Å². The van der Waals surface area contributed by atoms with E-state index in [0.717, 1.165) is 11.3 Å². The molecule has 92 valence electrons. The van der Waals surface area contributed by atoms with E-state index in [2.05, 4.69) is 29.3 Å². The summed E-state index contributed by atoms with van der Waals surface area (Å²) >= 11 is 0. The summed E-state index contributed by atoms with van der Waals surface area (Å²) < 4.78 is 3.66. The molecule has 0 aliphatic carbocycles. The van der Waals surface area contributed by atoms with Crippen molar-refractivity contribution in [3.05, 3.63) is 18.6 Å². The smallest absolute Gasteiger partial charge is 0.116 e. The van der Waals surface area contributed by atoms with Gasteiger partial charge in [0.25, 0.3) is 0 Å². The van der Waals surface area contributed by atoms with Crippen molar-refractivity contribution in [3.8, 4) is 11.3 Å². The van der Waals surface area contributed by atoms with Crippen molar-refractivity contribution >= 4 is 0 Å². The quantitative estimate of drug-likeness (QED) is 0.858. The number of nitrogens with zero attached hydrogens (tertiary/aromatic N) is 5. The van der Waals surface area contributed by atoms with Gasteiger partial charge in [-0.05, 0) is 20.8 Å². The van der Waals surface area contributed by atoms with Gasteiger partial charge in [-0.25, -0.2) is 0 Å². The molecule has 2 N–H and O–H groups in total. The van der Waals surface area contributed by atoms with E-state index in [0.29, 0.717) is 12.6 Å². The molecule has 1 atom stereocenters. The van der Waals surface area contributed by atoms with E-state index in [-0.39, 0.29) is 6.04 Å². The van der Waals surface area contributed by atoms with Crippen LogP contribution in [0.25, 0.3) is 11.3 Å². The number of aromatic nitrogens is 5. The fourth-order valence-corrected chi connectivity index (χ4v) is 1.57. The van der Waals surface area contributed by atoms with Gasteiger partial charge in [0.1, 0.15) is 5.69 Å². The van der Waals surface area contributed by atoms with Gasteiger partial charge in [0.05, 0.1) is 18.9 Å². The molecule has 0 saturated heterocycles. The summed E-state index contributed by atoms with van der Waals surface area (Å²) in [5.41, 5.74) is 7.52.